The summed E-state index contributed by atoms with van der Waals surface area (Å²) in [4.78, 5) is 9.42. The predicted molar refractivity (Wildman–Crippen MR) is 67.5 cm³/mol. The third kappa shape index (κ3) is 2.89. The van der Waals surface area contributed by atoms with Crippen LogP contribution in [-0.2, 0) is 0 Å². The van der Waals surface area contributed by atoms with E-state index in [4.69, 9.17) is 0 Å². The van der Waals surface area contributed by atoms with Gasteiger partial charge >= 0.3 is 0 Å². The summed E-state index contributed by atoms with van der Waals surface area (Å²) >= 11 is 1.64. The Kier molecular flexibility index (Phi) is 4.49. The highest BCUT2D eigenvalue weighted by Gasteiger charge is 2.04. The molecule has 0 aliphatic heterocycles. The minimum Gasteiger partial charge on any atom is -0.367 e. The average Bonchev–Trinajstić information content (AvgIpc) is 2.69. The first kappa shape index (κ1) is 11.9. The number of thiophene rings is 1. The molecule has 2 heterocycles. The molecule has 2 rings (SSSR count). The molecule has 0 saturated carbocycles. The van der Waals surface area contributed by atoms with E-state index in [1.165, 1.54) is 0 Å². The van der Waals surface area contributed by atoms with Crippen molar-refractivity contribution < 1.29 is 0 Å². The van der Waals surface area contributed by atoms with Gasteiger partial charge in [0.1, 0.15) is 17.0 Å². The summed E-state index contributed by atoms with van der Waals surface area (Å²) in [5, 5.41) is 6.43. The second-order valence-electron chi connectivity index (χ2n) is 3.16. The fourth-order valence-electron chi connectivity index (χ4n) is 1.18. The van der Waals surface area contributed by atoms with Crippen LogP contribution in [0.1, 0.15) is 27.7 Å². The minimum atomic E-state index is 0.401. The number of fused-ring (bicyclic) bond motifs is 1. The van der Waals surface area contributed by atoms with Crippen molar-refractivity contribution >= 4 is 27.4 Å². The van der Waals surface area contributed by atoms with Crippen molar-refractivity contribution in [2.24, 2.45) is 0 Å². The third-order valence-electron chi connectivity index (χ3n) is 1.69. The summed E-state index contributed by atoms with van der Waals surface area (Å²) in [5.41, 5.74) is 0. The van der Waals surface area contributed by atoms with Gasteiger partial charge in [-0.1, -0.05) is 13.8 Å². The number of nitrogens with zero attached hydrogens (tertiary/aromatic N) is 2. The Hall–Kier alpha value is -1.16. The van der Waals surface area contributed by atoms with Crippen LogP contribution in [0, 0.1) is 0 Å². The lowest BCUT2D eigenvalue weighted by Gasteiger charge is -2.08. The summed E-state index contributed by atoms with van der Waals surface area (Å²) in [7, 11) is 0. The van der Waals surface area contributed by atoms with Crippen molar-refractivity contribution in [3.05, 3.63) is 17.8 Å². The molecule has 1 N–H and O–H groups in total. The number of aromatic nitrogens is 2. The van der Waals surface area contributed by atoms with Crippen molar-refractivity contribution in [2.75, 3.05) is 5.32 Å². The van der Waals surface area contributed by atoms with E-state index in [2.05, 4.69) is 29.1 Å². The van der Waals surface area contributed by atoms with Gasteiger partial charge in [0.2, 0.25) is 0 Å². The molecular weight excluding hydrogens is 206 g/mol. The molecule has 0 unspecified atom stereocenters. The molecule has 0 atom stereocenters. The zero-order valence-electron chi connectivity index (χ0n) is 9.61. The monoisotopic (exact) mass is 223 g/mol. The van der Waals surface area contributed by atoms with Gasteiger partial charge in [-0.2, -0.15) is 0 Å². The van der Waals surface area contributed by atoms with Gasteiger partial charge in [-0.25, -0.2) is 9.97 Å². The fraction of sp³-hybridized carbons (Fsp3) is 0.455. The highest BCUT2D eigenvalue weighted by molar-refractivity contribution is 7.16. The maximum absolute atomic E-state index is 4.20. The molecule has 15 heavy (non-hydrogen) atoms. The molecule has 0 saturated heterocycles. The Morgan fingerprint density at radius 3 is 2.67 bits per heavy atom. The van der Waals surface area contributed by atoms with Gasteiger partial charge in [0.05, 0.1) is 5.39 Å². The molecule has 0 aliphatic rings. The van der Waals surface area contributed by atoms with Gasteiger partial charge in [-0.05, 0) is 25.3 Å². The predicted octanol–water partition coefficient (Wildman–Crippen LogP) is 3.54. The molecule has 0 fully saturated rings. The lowest BCUT2D eigenvalue weighted by atomic mass is 10.3. The smallest absolute Gasteiger partial charge is 0.138 e. The first-order valence-corrected chi connectivity index (χ1v) is 6.10. The molecule has 0 spiro atoms. The van der Waals surface area contributed by atoms with Gasteiger partial charge in [-0.3, -0.25) is 0 Å². The quantitative estimate of drug-likeness (QED) is 0.846. The van der Waals surface area contributed by atoms with Crippen LogP contribution in [0.15, 0.2) is 17.8 Å². The molecule has 0 amide bonds. The number of nitrogens with one attached hydrogen (secondary N) is 1. The Morgan fingerprint density at radius 2 is 2.00 bits per heavy atom. The average molecular weight is 223 g/mol. The molecule has 0 aliphatic carbocycles. The first-order valence-electron chi connectivity index (χ1n) is 5.22. The Bertz CT molecular complexity index is 409. The van der Waals surface area contributed by atoms with E-state index < -0.39 is 0 Å². The van der Waals surface area contributed by atoms with E-state index >= 15 is 0 Å². The number of hydrogen-bond donors (Lipinski definition) is 1. The Balaban J connectivity index is 0.000000531. The number of anilines is 1. The Labute approximate surface area is 94.6 Å². The zero-order chi connectivity index (χ0) is 11.3. The van der Waals surface area contributed by atoms with Crippen LogP contribution in [0.3, 0.4) is 0 Å². The van der Waals surface area contributed by atoms with Crippen LogP contribution in [-0.4, -0.2) is 16.0 Å². The number of rotatable bonds is 2. The second kappa shape index (κ2) is 5.66. The van der Waals surface area contributed by atoms with Crippen LogP contribution in [0.4, 0.5) is 5.82 Å². The van der Waals surface area contributed by atoms with E-state index in [1.807, 2.05) is 25.3 Å². The summed E-state index contributed by atoms with van der Waals surface area (Å²) in [5.74, 6) is 0.932. The van der Waals surface area contributed by atoms with Crippen LogP contribution < -0.4 is 5.32 Å². The number of hydrogen-bond acceptors (Lipinski definition) is 4. The van der Waals surface area contributed by atoms with Crippen LogP contribution in [0.2, 0.25) is 0 Å². The molecule has 2 aromatic heterocycles. The van der Waals surface area contributed by atoms with E-state index in [9.17, 15) is 0 Å². The molecule has 82 valence electrons. The fourth-order valence-corrected chi connectivity index (χ4v) is 1.91. The lowest BCUT2D eigenvalue weighted by molar-refractivity contribution is 0.890. The molecular formula is C11H17N3S. The molecule has 0 radical (unpaired) electrons. The van der Waals surface area contributed by atoms with Crippen LogP contribution in [0.5, 0.6) is 0 Å². The minimum absolute atomic E-state index is 0.401. The van der Waals surface area contributed by atoms with Crippen LogP contribution in [0.25, 0.3) is 10.2 Å². The largest absolute Gasteiger partial charge is 0.367 e. The molecule has 0 bridgehead atoms. The van der Waals surface area contributed by atoms with Crippen molar-refractivity contribution in [1.82, 2.24) is 9.97 Å². The van der Waals surface area contributed by atoms with Crippen molar-refractivity contribution in [2.45, 2.75) is 33.7 Å². The lowest BCUT2D eigenvalue weighted by Crippen LogP contribution is -2.11. The summed E-state index contributed by atoms with van der Waals surface area (Å²) in [6.45, 7) is 8.20. The highest BCUT2D eigenvalue weighted by Crippen LogP contribution is 2.23. The molecule has 4 heteroatoms. The van der Waals surface area contributed by atoms with Gasteiger partial charge in [-0.15, -0.1) is 11.3 Å². The van der Waals surface area contributed by atoms with E-state index in [0.29, 0.717) is 6.04 Å². The van der Waals surface area contributed by atoms with E-state index in [1.54, 1.807) is 17.7 Å². The van der Waals surface area contributed by atoms with Crippen LogP contribution >= 0.6 is 11.3 Å². The Morgan fingerprint density at radius 1 is 1.27 bits per heavy atom. The summed E-state index contributed by atoms with van der Waals surface area (Å²) in [6, 6.07) is 2.45. The van der Waals surface area contributed by atoms with Gasteiger partial charge in [0, 0.05) is 6.04 Å². The van der Waals surface area contributed by atoms with E-state index in [-0.39, 0.29) is 0 Å². The summed E-state index contributed by atoms with van der Waals surface area (Å²) < 4.78 is 0. The van der Waals surface area contributed by atoms with Gasteiger partial charge < -0.3 is 5.32 Å². The topological polar surface area (TPSA) is 37.8 Å². The van der Waals surface area contributed by atoms with Gasteiger partial charge in [0.15, 0.2) is 0 Å². The third-order valence-corrected chi connectivity index (χ3v) is 2.51. The maximum atomic E-state index is 4.20. The molecule has 2 aromatic rings. The van der Waals surface area contributed by atoms with E-state index in [0.717, 1.165) is 16.0 Å². The van der Waals surface area contributed by atoms with Crippen molar-refractivity contribution in [3.8, 4) is 0 Å². The standard InChI is InChI=1S/C9H11N3S.C2H6/c1-6(2)12-8-7-3-4-13-9(7)11-5-10-8;1-2/h3-6H,1-2H3,(H,10,11,12);1-2H3. The summed E-state index contributed by atoms with van der Waals surface area (Å²) in [6.07, 6.45) is 1.60. The SMILES string of the molecule is CC.CC(C)Nc1ncnc2sccc12. The normalized spacial score (nSPS) is 9.93. The first-order chi connectivity index (χ1) is 7.27. The van der Waals surface area contributed by atoms with Crippen molar-refractivity contribution in [1.29, 1.82) is 0 Å². The van der Waals surface area contributed by atoms with Crippen molar-refractivity contribution in [3.63, 3.8) is 0 Å². The molecule has 0 aromatic carbocycles. The second-order valence-corrected chi connectivity index (χ2v) is 4.06. The maximum Gasteiger partial charge on any atom is 0.138 e. The molecule has 3 nitrogen and oxygen atoms in total. The highest BCUT2D eigenvalue weighted by atomic mass is 32.1. The van der Waals surface area contributed by atoms with Gasteiger partial charge in [0.25, 0.3) is 0 Å². The zero-order valence-corrected chi connectivity index (χ0v) is 10.4.